The highest BCUT2D eigenvalue weighted by Gasteiger charge is 2.36. The summed E-state index contributed by atoms with van der Waals surface area (Å²) in [7, 11) is 1.40. The molecule has 2 N–H and O–H groups in total. The van der Waals surface area contributed by atoms with Gasteiger partial charge in [-0.25, -0.2) is 4.79 Å². The number of carbonyl (C=O) groups is 4. The smallest absolute Gasteiger partial charge is 0.341 e. The van der Waals surface area contributed by atoms with Crippen molar-refractivity contribution < 1.29 is 33.8 Å². The summed E-state index contributed by atoms with van der Waals surface area (Å²) >= 11 is 0.734. The van der Waals surface area contributed by atoms with E-state index < -0.39 is 36.2 Å². The van der Waals surface area contributed by atoms with E-state index in [2.05, 4.69) is 5.32 Å². The number of benzene rings is 2. The Bertz CT molecular complexity index is 1180. The number of carbonyl (C=O) groups excluding carboxylic acids is 3. The highest BCUT2D eigenvalue weighted by atomic mass is 32.2. The number of ether oxygens (including phenoxy) is 2. The van der Waals surface area contributed by atoms with Gasteiger partial charge >= 0.3 is 5.97 Å². The first-order valence-electron chi connectivity index (χ1n) is 10.2. The fourth-order valence-corrected chi connectivity index (χ4v) is 4.36. The van der Waals surface area contributed by atoms with Gasteiger partial charge in [0.05, 0.1) is 12.0 Å². The van der Waals surface area contributed by atoms with Crippen LogP contribution in [0.1, 0.15) is 22.3 Å². The maximum Gasteiger partial charge on any atom is 0.341 e. The summed E-state index contributed by atoms with van der Waals surface area (Å²) in [6.45, 7) is 4.79. The van der Waals surface area contributed by atoms with Gasteiger partial charge in [0.15, 0.2) is 18.1 Å². The Morgan fingerprint density at radius 2 is 1.76 bits per heavy atom. The fourth-order valence-electron chi connectivity index (χ4n) is 3.52. The molecule has 3 amide bonds. The van der Waals surface area contributed by atoms with E-state index in [1.807, 2.05) is 32.9 Å². The highest BCUT2D eigenvalue weighted by molar-refractivity contribution is 8.18. The van der Waals surface area contributed by atoms with Crippen molar-refractivity contribution in [1.82, 2.24) is 4.90 Å². The summed E-state index contributed by atoms with van der Waals surface area (Å²) in [5, 5.41) is 11.0. The molecule has 0 bridgehead atoms. The maximum absolute atomic E-state index is 12.8. The van der Waals surface area contributed by atoms with Crippen LogP contribution in [0.5, 0.6) is 11.5 Å². The summed E-state index contributed by atoms with van der Waals surface area (Å²) in [6.07, 6.45) is 1.50. The molecular weight excluding hydrogens is 460 g/mol. The highest BCUT2D eigenvalue weighted by Crippen LogP contribution is 2.34. The van der Waals surface area contributed by atoms with E-state index in [-0.39, 0.29) is 16.4 Å². The average molecular weight is 485 g/mol. The number of nitrogens with one attached hydrogen (secondary N) is 1. The van der Waals surface area contributed by atoms with Crippen molar-refractivity contribution in [3.8, 4) is 11.5 Å². The van der Waals surface area contributed by atoms with Gasteiger partial charge in [0.25, 0.3) is 11.1 Å². The quantitative estimate of drug-likeness (QED) is 0.543. The topological polar surface area (TPSA) is 122 Å². The molecule has 1 aliphatic heterocycles. The molecule has 0 saturated carbocycles. The molecule has 1 aliphatic rings. The molecule has 0 unspecified atom stereocenters. The van der Waals surface area contributed by atoms with Crippen molar-refractivity contribution in [3.63, 3.8) is 0 Å². The third-order valence-electron chi connectivity index (χ3n) is 4.95. The third-order valence-corrected chi connectivity index (χ3v) is 5.86. The van der Waals surface area contributed by atoms with Crippen LogP contribution in [0.15, 0.2) is 35.2 Å². The SMILES string of the molecule is COc1cc(/C=C2/SC(=O)N(CC(=O)Nc3c(C)cc(C)cc3C)C2=O)ccc1OCC(=O)O. The number of thioether (sulfide) groups is 1. The monoisotopic (exact) mass is 484 g/mol. The lowest BCUT2D eigenvalue weighted by Gasteiger charge is -2.16. The molecule has 10 heteroatoms. The molecule has 0 radical (unpaired) electrons. The first-order chi connectivity index (χ1) is 16.1. The van der Waals surface area contributed by atoms with Crippen LogP contribution in [0.25, 0.3) is 6.08 Å². The standard InChI is InChI=1S/C24H24N2O7S/c1-13-7-14(2)22(15(3)8-13)25-20(27)11-26-23(30)19(34-24(26)31)10-16-5-6-17(18(9-16)32-4)33-12-21(28)29/h5-10H,11-12H2,1-4H3,(H,25,27)(H,28,29)/b19-10+. The molecule has 0 spiro atoms. The molecule has 9 nitrogen and oxygen atoms in total. The number of rotatable bonds is 8. The van der Waals surface area contributed by atoms with Crippen molar-refractivity contribution in [1.29, 1.82) is 0 Å². The van der Waals surface area contributed by atoms with E-state index in [4.69, 9.17) is 14.6 Å². The van der Waals surface area contributed by atoms with Crippen LogP contribution in [0.2, 0.25) is 0 Å². The van der Waals surface area contributed by atoms with Gasteiger partial charge in [-0.1, -0.05) is 23.8 Å². The van der Waals surface area contributed by atoms with Crippen molar-refractivity contribution in [2.75, 3.05) is 25.6 Å². The molecule has 0 aliphatic carbocycles. The largest absolute Gasteiger partial charge is 0.493 e. The summed E-state index contributed by atoms with van der Waals surface area (Å²) in [4.78, 5) is 49.6. The van der Waals surface area contributed by atoms with E-state index in [1.54, 1.807) is 12.1 Å². The zero-order chi connectivity index (χ0) is 25.0. The van der Waals surface area contributed by atoms with Crippen LogP contribution < -0.4 is 14.8 Å². The lowest BCUT2D eigenvalue weighted by Crippen LogP contribution is -2.36. The van der Waals surface area contributed by atoms with Crippen LogP contribution >= 0.6 is 11.8 Å². The minimum Gasteiger partial charge on any atom is -0.493 e. The number of aliphatic carboxylic acids is 1. The molecule has 2 aromatic rings. The number of aryl methyl sites for hydroxylation is 3. The first-order valence-corrected chi connectivity index (χ1v) is 11.1. The number of nitrogens with zero attached hydrogens (tertiary/aromatic N) is 1. The molecule has 3 rings (SSSR count). The second-order valence-corrected chi connectivity index (χ2v) is 8.68. The van der Waals surface area contributed by atoms with E-state index in [9.17, 15) is 19.2 Å². The Labute approximate surface area is 200 Å². The minimum atomic E-state index is -1.13. The molecule has 1 heterocycles. The maximum atomic E-state index is 12.8. The lowest BCUT2D eigenvalue weighted by atomic mass is 10.1. The van der Waals surface area contributed by atoms with Gasteiger partial charge in [-0.15, -0.1) is 0 Å². The van der Waals surface area contributed by atoms with Gasteiger partial charge in [-0.05, 0) is 67.4 Å². The van der Waals surface area contributed by atoms with Crippen molar-refractivity contribution in [2.45, 2.75) is 20.8 Å². The van der Waals surface area contributed by atoms with Crippen LogP contribution in [-0.2, 0) is 14.4 Å². The number of imide groups is 1. The van der Waals surface area contributed by atoms with Crippen molar-refractivity contribution in [2.24, 2.45) is 0 Å². The number of anilines is 1. The molecule has 1 fully saturated rings. The van der Waals surface area contributed by atoms with Gasteiger partial charge in [0, 0.05) is 5.69 Å². The Morgan fingerprint density at radius 1 is 1.09 bits per heavy atom. The predicted octanol–water partition coefficient (Wildman–Crippen LogP) is 3.76. The van der Waals surface area contributed by atoms with E-state index >= 15 is 0 Å². The molecule has 0 aromatic heterocycles. The van der Waals surface area contributed by atoms with Crippen molar-refractivity contribution >= 4 is 46.5 Å². The Hall–Kier alpha value is -3.79. The molecular formula is C24H24N2O7S. The van der Waals surface area contributed by atoms with Crippen LogP contribution in [-0.4, -0.2) is 53.3 Å². The predicted molar refractivity (Wildman–Crippen MR) is 128 cm³/mol. The van der Waals surface area contributed by atoms with Gasteiger partial charge < -0.3 is 19.9 Å². The zero-order valence-electron chi connectivity index (χ0n) is 19.1. The second-order valence-electron chi connectivity index (χ2n) is 7.68. The third kappa shape index (κ3) is 5.76. The molecule has 34 heavy (non-hydrogen) atoms. The molecule has 178 valence electrons. The Morgan fingerprint density at radius 3 is 2.38 bits per heavy atom. The van der Waals surface area contributed by atoms with Crippen molar-refractivity contribution in [3.05, 3.63) is 57.5 Å². The van der Waals surface area contributed by atoms with Crippen LogP contribution in [0.3, 0.4) is 0 Å². The molecule has 0 atom stereocenters. The Kier molecular flexibility index (Phi) is 7.62. The first kappa shape index (κ1) is 24.8. The van der Waals surface area contributed by atoms with Gasteiger partial charge in [0.2, 0.25) is 5.91 Å². The number of amides is 3. The normalized spacial score (nSPS) is 14.5. The molecule has 2 aromatic carbocycles. The number of carboxylic acids is 1. The number of hydrogen-bond donors (Lipinski definition) is 2. The molecule has 1 saturated heterocycles. The summed E-state index contributed by atoms with van der Waals surface area (Å²) < 4.78 is 10.4. The summed E-state index contributed by atoms with van der Waals surface area (Å²) in [5.41, 5.74) is 4.06. The van der Waals surface area contributed by atoms with Gasteiger partial charge in [-0.3, -0.25) is 19.3 Å². The van der Waals surface area contributed by atoms with Gasteiger partial charge in [-0.2, -0.15) is 0 Å². The minimum absolute atomic E-state index is 0.154. The number of hydrogen-bond acceptors (Lipinski definition) is 7. The fraction of sp³-hybridized carbons (Fsp3) is 0.250. The van der Waals surface area contributed by atoms with Gasteiger partial charge in [0.1, 0.15) is 6.54 Å². The average Bonchev–Trinajstić information content (AvgIpc) is 3.02. The second kappa shape index (κ2) is 10.4. The lowest BCUT2D eigenvalue weighted by molar-refractivity contribution is -0.139. The number of carboxylic acid groups (broad SMARTS) is 1. The van der Waals surface area contributed by atoms with E-state index in [0.717, 1.165) is 33.4 Å². The Balaban J connectivity index is 1.73. The summed E-state index contributed by atoms with van der Waals surface area (Å²) in [6, 6.07) is 8.55. The summed E-state index contributed by atoms with van der Waals surface area (Å²) in [5.74, 6) is -1.67. The zero-order valence-corrected chi connectivity index (χ0v) is 19.9. The van der Waals surface area contributed by atoms with E-state index in [1.165, 1.54) is 19.3 Å². The van der Waals surface area contributed by atoms with E-state index in [0.29, 0.717) is 11.3 Å². The number of methoxy groups -OCH3 is 1. The van der Waals surface area contributed by atoms with Crippen LogP contribution in [0, 0.1) is 20.8 Å². The van der Waals surface area contributed by atoms with Crippen LogP contribution in [0.4, 0.5) is 10.5 Å².